The Morgan fingerprint density at radius 3 is 2.33 bits per heavy atom. The molecule has 21 heavy (non-hydrogen) atoms. The van der Waals surface area contributed by atoms with E-state index in [1.807, 2.05) is 12.1 Å². The predicted octanol–water partition coefficient (Wildman–Crippen LogP) is 5.60. The molecule has 3 heteroatoms. The first-order valence-electron chi connectivity index (χ1n) is 7.43. The van der Waals surface area contributed by atoms with Crippen LogP contribution in [0, 0.1) is 5.82 Å². The van der Waals surface area contributed by atoms with Crippen LogP contribution in [0.4, 0.5) is 4.39 Å². The van der Waals surface area contributed by atoms with E-state index in [9.17, 15) is 4.39 Å². The Kier molecular flexibility index (Phi) is 5.77. The van der Waals surface area contributed by atoms with Crippen LogP contribution in [0.15, 0.2) is 42.5 Å². The molecule has 2 aromatic carbocycles. The first-order valence-corrected chi connectivity index (χ1v) is 7.81. The lowest BCUT2D eigenvalue weighted by Gasteiger charge is -2.17. The molecule has 0 fully saturated rings. The van der Waals surface area contributed by atoms with Gasteiger partial charge in [0.2, 0.25) is 0 Å². The predicted molar refractivity (Wildman–Crippen MR) is 88.2 cm³/mol. The molecule has 1 nitrogen and oxygen atoms in total. The average molecular weight is 306 g/mol. The van der Waals surface area contributed by atoms with Crippen molar-refractivity contribution >= 4 is 11.6 Å². The highest BCUT2D eigenvalue weighted by atomic mass is 35.5. The van der Waals surface area contributed by atoms with Crippen LogP contribution in [-0.2, 0) is 0 Å². The number of benzene rings is 2. The molecule has 2 rings (SSSR count). The van der Waals surface area contributed by atoms with Gasteiger partial charge in [0.15, 0.2) is 0 Å². The molecule has 0 saturated carbocycles. The molecular weight excluding hydrogens is 285 g/mol. The zero-order valence-electron chi connectivity index (χ0n) is 12.5. The SMILES string of the molecule is CCCNC(CC)c1ccc(-c2cc(F)cc(Cl)c2)cc1. The van der Waals surface area contributed by atoms with Gasteiger partial charge >= 0.3 is 0 Å². The van der Waals surface area contributed by atoms with E-state index in [0.717, 1.165) is 30.5 Å². The first-order chi connectivity index (χ1) is 10.1. The van der Waals surface area contributed by atoms with Crippen molar-refractivity contribution < 1.29 is 4.39 Å². The number of hydrogen-bond donors (Lipinski definition) is 1. The van der Waals surface area contributed by atoms with Gasteiger partial charge < -0.3 is 5.32 Å². The van der Waals surface area contributed by atoms with Gasteiger partial charge in [0, 0.05) is 11.1 Å². The van der Waals surface area contributed by atoms with Gasteiger partial charge in [0.1, 0.15) is 5.82 Å². The standard InChI is InChI=1S/C18H21ClFN/c1-3-9-21-18(4-2)14-7-5-13(6-8-14)15-10-16(19)12-17(20)11-15/h5-8,10-12,18,21H,3-4,9H2,1-2H3. The molecule has 2 aromatic rings. The van der Waals surface area contributed by atoms with E-state index in [4.69, 9.17) is 11.6 Å². The highest BCUT2D eigenvalue weighted by Gasteiger charge is 2.08. The van der Waals surface area contributed by atoms with Crippen LogP contribution in [0.5, 0.6) is 0 Å². The van der Waals surface area contributed by atoms with Crippen molar-refractivity contribution in [1.82, 2.24) is 5.32 Å². The minimum atomic E-state index is -0.308. The molecule has 0 radical (unpaired) electrons. The van der Waals surface area contributed by atoms with Gasteiger partial charge in [-0.15, -0.1) is 0 Å². The maximum absolute atomic E-state index is 13.4. The van der Waals surface area contributed by atoms with Crippen LogP contribution in [0.1, 0.15) is 38.3 Å². The summed E-state index contributed by atoms with van der Waals surface area (Å²) >= 11 is 5.91. The quantitative estimate of drug-likeness (QED) is 0.733. The lowest BCUT2D eigenvalue weighted by Crippen LogP contribution is -2.21. The van der Waals surface area contributed by atoms with Crippen molar-refractivity contribution in [3.63, 3.8) is 0 Å². The summed E-state index contributed by atoms with van der Waals surface area (Å²) in [6, 6.07) is 13.2. The van der Waals surface area contributed by atoms with Crippen LogP contribution in [0.2, 0.25) is 5.02 Å². The molecule has 1 atom stereocenters. The van der Waals surface area contributed by atoms with Crippen LogP contribution in [0.3, 0.4) is 0 Å². The molecule has 0 aromatic heterocycles. The summed E-state index contributed by atoms with van der Waals surface area (Å²) in [6.45, 7) is 5.35. The molecule has 0 spiro atoms. The van der Waals surface area contributed by atoms with E-state index in [-0.39, 0.29) is 5.82 Å². The summed E-state index contributed by atoms with van der Waals surface area (Å²) in [6.07, 6.45) is 2.17. The van der Waals surface area contributed by atoms with Gasteiger partial charge in [-0.3, -0.25) is 0 Å². The Morgan fingerprint density at radius 2 is 1.76 bits per heavy atom. The number of nitrogens with one attached hydrogen (secondary N) is 1. The van der Waals surface area contributed by atoms with Crippen LogP contribution in [0.25, 0.3) is 11.1 Å². The summed E-state index contributed by atoms with van der Waals surface area (Å²) in [5.41, 5.74) is 3.05. The maximum Gasteiger partial charge on any atom is 0.125 e. The van der Waals surface area contributed by atoms with Crippen LogP contribution < -0.4 is 5.32 Å². The molecule has 0 heterocycles. The zero-order chi connectivity index (χ0) is 15.2. The lowest BCUT2D eigenvalue weighted by molar-refractivity contribution is 0.518. The second kappa shape index (κ2) is 7.58. The summed E-state index contributed by atoms with van der Waals surface area (Å²) in [5.74, 6) is -0.308. The summed E-state index contributed by atoms with van der Waals surface area (Å²) < 4.78 is 13.4. The van der Waals surface area contributed by atoms with E-state index < -0.39 is 0 Å². The molecule has 1 N–H and O–H groups in total. The smallest absolute Gasteiger partial charge is 0.125 e. The Morgan fingerprint density at radius 1 is 1.05 bits per heavy atom. The van der Waals surface area contributed by atoms with Gasteiger partial charge in [-0.25, -0.2) is 4.39 Å². The summed E-state index contributed by atoms with van der Waals surface area (Å²) in [4.78, 5) is 0. The molecule has 112 valence electrons. The van der Waals surface area contributed by atoms with Gasteiger partial charge in [0.25, 0.3) is 0 Å². The van der Waals surface area contributed by atoms with Gasteiger partial charge in [-0.1, -0.05) is 49.7 Å². The minimum Gasteiger partial charge on any atom is -0.310 e. The minimum absolute atomic E-state index is 0.308. The van der Waals surface area contributed by atoms with E-state index in [1.165, 1.54) is 17.7 Å². The molecule has 0 saturated heterocycles. The monoisotopic (exact) mass is 305 g/mol. The third kappa shape index (κ3) is 4.29. The van der Waals surface area contributed by atoms with Gasteiger partial charge in [0.05, 0.1) is 0 Å². The van der Waals surface area contributed by atoms with Crippen molar-refractivity contribution in [3.8, 4) is 11.1 Å². The van der Waals surface area contributed by atoms with E-state index in [1.54, 1.807) is 6.07 Å². The van der Waals surface area contributed by atoms with E-state index >= 15 is 0 Å². The average Bonchev–Trinajstić information content (AvgIpc) is 2.47. The molecule has 0 aliphatic carbocycles. The fourth-order valence-corrected chi connectivity index (χ4v) is 2.67. The maximum atomic E-state index is 13.4. The molecule has 0 amide bonds. The largest absolute Gasteiger partial charge is 0.310 e. The topological polar surface area (TPSA) is 12.0 Å². The van der Waals surface area contributed by atoms with Crippen molar-refractivity contribution in [1.29, 1.82) is 0 Å². The number of rotatable bonds is 6. The summed E-state index contributed by atoms with van der Waals surface area (Å²) in [5, 5.41) is 3.95. The number of halogens is 2. The Hall–Kier alpha value is -1.38. The normalized spacial score (nSPS) is 12.4. The van der Waals surface area contributed by atoms with Crippen LogP contribution in [-0.4, -0.2) is 6.54 Å². The molecule has 1 unspecified atom stereocenters. The third-order valence-corrected chi connectivity index (χ3v) is 3.78. The number of hydrogen-bond acceptors (Lipinski definition) is 1. The lowest BCUT2D eigenvalue weighted by atomic mass is 9.99. The molecule has 0 aliphatic rings. The van der Waals surface area contributed by atoms with Crippen molar-refractivity contribution in [2.75, 3.05) is 6.54 Å². The second-order valence-corrected chi connectivity index (χ2v) is 5.63. The highest BCUT2D eigenvalue weighted by Crippen LogP contribution is 2.26. The second-order valence-electron chi connectivity index (χ2n) is 5.20. The Labute approximate surface area is 131 Å². The van der Waals surface area contributed by atoms with E-state index in [0.29, 0.717) is 11.1 Å². The van der Waals surface area contributed by atoms with Crippen LogP contribution >= 0.6 is 11.6 Å². The zero-order valence-corrected chi connectivity index (χ0v) is 13.3. The molecule has 0 bridgehead atoms. The van der Waals surface area contributed by atoms with Gasteiger partial charge in [-0.2, -0.15) is 0 Å². The fourth-order valence-electron chi connectivity index (χ4n) is 2.44. The molecular formula is C18H21ClFN. The Balaban J connectivity index is 2.21. The Bertz CT molecular complexity index is 560. The third-order valence-electron chi connectivity index (χ3n) is 3.56. The molecule has 0 aliphatic heterocycles. The first kappa shape index (κ1) is 16.0. The van der Waals surface area contributed by atoms with Crippen molar-refractivity contribution in [2.45, 2.75) is 32.7 Å². The van der Waals surface area contributed by atoms with Gasteiger partial charge in [-0.05, 0) is 54.3 Å². The van der Waals surface area contributed by atoms with Crippen molar-refractivity contribution in [3.05, 3.63) is 58.9 Å². The van der Waals surface area contributed by atoms with E-state index in [2.05, 4.69) is 31.3 Å². The fraction of sp³-hybridized carbons (Fsp3) is 0.333. The highest BCUT2D eigenvalue weighted by molar-refractivity contribution is 6.30. The summed E-state index contributed by atoms with van der Waals surface area (Å²) in [7, 11) is 0. The van der Waals surface area contributed by atoms with Crippen molar-refractivity contribution in [2.24, 2.45) is 0 Å².